The average Bonchev–Trinajstić information content (AvgIpc) is 2.65. The molecule has 0 unspecified atom stereocenters. The Morgan fingerprint density at radius 1 is 1.21 bits per heavy atom. The van der Waals surface area contributed by atoms with Crippen LogP contribution in [0.15, 0.2) is 36.4 Å². The first-order valence-electron chi connectivity index (χ1n) is 5.76. The Labute approximate surface area is 123 Å². The van der Waals surface area contributed by atoms with Gasteiger partial charge in [-0.2, -0.15) is 0 Å². The molecule has 3 rings (SSSR count). The maximum atomic E-state index is 13.2. The number of nitrogens with two attached hydrogens (primary N) is 1. The number of rotatable bonds is 1. The van der Waals surface area contributed by atoms with E-state index in [0.29, 0.717) is 5.95 Å². The van der Waals surface area contributed by atoms with Crippen molar-refractivity contribution in [2.75, 3.05) is 5.73 Å². The Morgan fingerprint density at radius 2 is 2.00 bits per heavy atom. The number of hydrogen-bond acceptors (Lipinski definition) is 2. The molecule has 0 spiro atoms. The van der Waals surface area contributed by atoms with E-state index in [1.807, 2.05) is 29.7 Å². The number of aryl methyl sites for hydroxylation is 1. The maximum Gasteiger partial charge on any atom is 0.205 e. The number of halogens is 2. The number of imidazole rings is 1. The summed E-state index contributed by atoms with van der Waals surface area (Å²) in [5, 5.41) is 0. The molecular weight excluding hydrogens is 356 g/mol. The van der Waals surface area contributed by atoms with Crippen LogP contribution in [-0.2, 0) is 0 Å². The number of aromatic nitrogens is 2. The summed E-state index contributed by atoms with van der Waals surface area (Å²) in [6.45, 7) is 1.86. The van der Waals surface area contributed by atoms with Crippen molar-refractivity contribution in [3.05, 3.63) is 51.3 Å². The standard InChI is InChI=1S/C14H11FIN3/c1-8-6-9(15)2-4-12(8)19-13-5-3-10(16)7-11(13)18-14(19)17/h2-7H,1H3,(H2,17,18). The van der Waals surface area contributed by atoms with E-state index in [4.69, 9.17) is 5.73 Å². The van der Waals surface area contributed by atoms with E-state index in [9.17, 15) is 4.39 Å². The minimum Gasteiger partial charge on any atom is -0.369 e. The lowest BCUT2D eigenvalue weighted by molar-refractivity contribution is 0.626. The van der Waals surface area contributed by atoms with Crippen molar-refractivity contribution in [2.24, 2.45) is 0 Å². The molecule has 0 aliphatic rings. The van der Waals surface area contributed by atoms with Gasteiger partial charge in [0.1, 0.15) is 5.82 Å². The summed E-state index contributed by atoms with van der Waals surface area (Å²) in [4.78, 5) is 4.36. The number of nitrogen functional groups attached to an aromatic ring is 1. The highest BCUT2D eigenvalue weighted by Gasteiger charge is 2.12. The minimum atomic E-state index is -0.251. The minimum absolute atomic E-state index is 0.251. The molecule has 0 fully saturated rings. The van der Waals surface area contributed by atoms with Gasteiger partial charge in [-0.15, -0.1) is 0 Å². The van der Waals surface area contributed by atoms with Gasteiger partial charge in [0.15, 0.2) is 0 Å². The third kappa shape index (κ3) is 2.07. The number of hydrogen-bond donors (Lipinski definition) is 1. The summed E-state index contributed by atoms with van der Waals surface area (Å²) in [6, 6.07) is 10.6. The van der Waals surface area contributed by atoms with Gasteiger partial charge in [-0.3, -0.25) is 4.57 Å². The zero-order chi connectivity index (χ0) is 13.6. The molecule has 3 aromatic rings. The van der Waals surface area contributed by atoms with Crippen molar-refractivity contribution >= 4 is 39.6 Å². The van der Waals surface area contributed by atoms with E-state index in [1.54, 1.807) is 6.07 Å². The molecule has 0 aliphatic heterocycles. The van der Waals surface area contributed by atoms with Gasteiger partial charge in [-0.05, 0) is 71.5 Å². The Bertz CT molecular complexity index is 780. The molecule has 0 saturated heterocycles. The molecule has 0 saturated carbocycles. The smallest absolute Gasteiger partial charge is 0.205 e. The highest BCUT2D eigenvalue weighted by Crippen LogP contribution is 2.26. The van der Waals surface area contributed by atoms with Crippen LogP contribution in [-0.4, -0.2) is 9.55 Å². The third-order valence-corrected chi connectivity index (χ3v) is 3.71. The maximum absolute atomic E-state index is 13.2. The summed E-state index contributed by atoms with van der Waals surface area (Å²) >= 11 is 2.23. The van der Waals surface area contributed by atoms with Gasteiger partial charge in [-0.1, -0.05) is 0 Å². The van der Waals surface area contributed by atoms with E-state index in [0.717, 1.165) is 25.9 Å². The Kier molecular flexibility index (Phi) is 2.93. The monoisotopic (exact) mass is 367 g/mol. The topological polar surface area (TPSA) is 43.8 Å². The molecule has 96 valence electrons. The second-order valence-corrected chi connectivity index (χ2v) is 5.61. The number of fused-ring (bicyclic) bond motifs is 1. The lowest BCUT2D eigenvalue weighted by atomic mass is 10.2. The van der Waals surface area contributed by atoms with Crippen LogP contribution in [0.25, 0.3) is 16.7 Å². The van der Waals surface area contributed by atoms with Gasteiger partial charge in [0.25, 0.3) is 0 Å². The quantitative estimate of drug-likeness (QED) is 0.668. The summed E-state index contributed by atoms with van der Waals surface area (Å²) in [6.07, 6.45) is 0. The van der Waals surface area contributed by atoms with Crippen molar-refractivity contribution < 1.29 is 4.39 Å². The predicted octanol–water partition coefficient (Wildman–Crippen LogP) is 3.66. The van der Waals surface area contributed by atoms with Gasteiger partial charge >= 0.3 is 0 Å². The lowest BCUT2D eigenvalue weighted by Crippen LogP contribution is -2.02. The number of nitrogens with zero attached hydrogens (tertiary/aromatic N) is 2. The summed E-state index contributed by atoms with van der Waals surface area (Å²) in [5.41, 5.74) is 9.44. The summed E-state index contributed by atoms with van der Waals surface area (Å²) in [7, 11) is 0. The van der Waals surface area contributed by atoms with Crippen molar-refractivity contribution in [2.45, 2.75) is 6.92 Å². The van der Waals surface area contributed by atoms with Crippen LogP contribution >= 0.6 is 22.6 Å². The second kappa shape index (κ2) is 4.48. The zero-order valence-corrected chi connectivity index (χ0v) is 12.3. The second-order valence-electron chi connectivity index (χ2n) is 4.37. The first-order chi connectivity index (χ1) is 9.06. The Hall–Kier alpha value is -1.63. The fourth-order valence-corrected chi connectivity index (χ4v) is 2.67. The van der Waals surface area contributed by atoms with Gasteiger partial charge in [0.2, 0.25) is 5.95 Å². The molecule has 1 heterocycles. The number of anilines is 1. The van der Waals surface area contributed by atoms with Gasteiger partial charge in [0.05, 0.1) is 16.7 Å². The molecule has 5 heteroatoms. The molecule has 2 aromatic carbocycles. The van der Waals surface area contributed by atoms with Crippen molar-refractivity contribution in [3.63, 3.8) is 0 Å². The van der Waals surface area contributed by atoms with Crippen LogP contribution in [0.2, 0.25) is 0 Å². The molecule has 1 aromatic heterocycles. The van der Waals surface area contributed by atoms with Crippen LogP contribution in [0.5, 0.6) is 0 Å². The normalized spacial score (nSPS) is 11.1. The highest BCUT2D eigenvalue weighted by atomic mass is 127. The highest BCUT2D eigenvalue weighted by molar-refractivity contribution is 14.1. The Morgan fingerprint density at radius 3 is 2.74 bits per heavy atom. The summed E-state index contributed by atoms with van der Waals surface area (Å²) in [5.74, 6) is 0.158. The summed E-state index contributed by atoms with van der Waals surface area (Å²) < 4.78 is 16.1. The number of benzene rings is 2. The average molecular weight is 367 g/mol. The van der Waals surface area contributed by atoms with Crippen LogP contribution in [0.1, 0.15) is 5.56 Å². The molecular formula is C14H11FIN3. The van der Waals surface area contributed by atoms with E-state index < -0.39 is 0 Å². The van der Waals surface area contributed by atoms with Crippen molar-refractivity contribution in [1.29, 1.82) is 0 Å². The molecule has 0 aliphatic carbocycles. The van der Waals surface area contributed by atoms with Gasteiger partial charge in [-0.25, -0.2) is 9.37 Å². The molecule has 0 amide bonds. The largest absolute Gasteiger partial charge is 0.369 e. The lowest BCUT2D eigenvalue weighted by Gasteiger charge is -2.10. The van der Waals surface area contributed by atoms with Crippen molar-refractivity contribution in [1.82, 2.24) is 9.55 Å². The van der Waals surface area contributed by atoms with Crippen LogP contribution < -0.4 is 5.73 Å². The molecule has 0 radical (unpaired) electrons. The fraction of sp³-hybridized carbons (Fsp3) is 0.0714. The van der Waals surface area contributed by atoms with Crippen molar-refractivity contribution in [3.8, 4) is 5.69 Å². The molecule has 2 N–H and O–H groups in total. The third-order valence-electron chi connectivity index (χ3n) is 3.04. The van der Waals surface area contributed by atoms with Crippen LogP contribution in [0, 0.1) is 16.3 Å². The van der Waals surface area contributed by atoms with E-state index in [1.165, 1.54) is 12.1 Å². The van der Waals surface area contributed by atoms with Crippen LogP contribution in [0.3, 0.4) is 0 Å². The van der Waals surface area contributed by atoms with Gasteiger partial charge < -0.3 is 5.73 Å². The SMILES string of the molecule is Cc1cc(F)ccc1-n1c(N)nc2cc(I)ccc21. The zero-order valence-electron chi connectivity index (χ0n) is 10.2. The van der Waals surface area contributed by atoms with E-state index in [-0.39, 0.29) is 5.82 Å². The molecule has 0 bridgehead atoms. The predicted molar refractivity (Wildman–Crippen MR) is 82.9 cm³/mol. The molecule has 3 nitrogen and oxygen atoms in total. The van der Waals surface area contributed by atoms with E-state index in [2.05, 4.69) is 27.6 Å². The van der Waals surface area contributed by atoms with Crippen LogP contribution in [0.4, 0.5) is 10.3 Å². The van der Waals surface area contributed by atoms with E-state index >= 15 is 0 Å². The first-order valence-corrected chi connectivity index (χ1v) is 6.84. The fourth-order valence-electron chi connectivity index (χ4n) is 2.19. The Balaban J connectivity index is 2.33. The molecule has 19 heavy (non-hydrogen) atoms. The van der Waals surface area contributed by atoms with Gasteiger partial charge in [0, 0.05) is 3.57 Å². The molecule has 0 atom stereocenters. The first kappa shape index (κ1) is 12.4.